The molecular formula is C18H35NSSi. The number of nitrogens with zero attached hydrogens (tertiary/aromatic N) is 1. The van der Waals surface area contributed by atoms with Crippen molar-refractivity contribution in [3.63, 3.8) is 0 Å². The maximum Gasteiger partial charge on any atom is 0.111 e. The van der Waals surface area contributed by atoms with E-state index in [-0.39, 0.29) is 0 Å². The minimum absolute atomic E-state index is 0.559. The van der Waals surface area contributed by atoms with Gasteiger partial charge >= 0.3 is 0 Å². The summed E-state index contributed by atoms with van der Waals surface area (Å²) in [6, 6.07) is 0. The number of thiazole rings is 1. The molecule has 0 aliphatic heterocycles. The highest BCUT2D eigenvalue weighted by molar-refractivity contribution is 7.10. The SMILES string of the molecule is CCCCC(CCCC)(CCCC)[Si](C)(C)c1cscn1. The second-order valence-electron chi connectivity index (χ2n) is 7.09. The topological polar surface area (TPSA) is 12.9 Å². The third-order valence-electron chi connectivity index (χ3n) is 5.43. The molecule has 0 radical (unpaired) electrons. The van der Waals surface area contributed by atoms with Crippen LogP contribution in [0.1, 0.15) is 78.6 Å². The Morgan fingerprint density at radius 1 is 0.952 bits per heavy atom. The van der Waals surface area contributed by atoms with E-state index in [0.29, 0.717) is 5.04 Å². The molecule has 0 saturated carbocycles. The van der Waals surface area contributed by atoms with E-state index in [1.807, 2.05) is 5.51 Å². The van der Waals surface area contributed by atoms with Crippen LogP contribution in [-0.2, 0) is 0 Å². The zero-order chi connectivity index (χ0) is 15.8. The smallest absolute Gasteiger partial charge is 0.111 e. The lowest BCUT2D eigenvalue weighted by Gasteiger charge is -2.46. The monoisotopic (exact) mass is 325 g/mol. The molecule has 0 spiro atoms. The highest BCUT2D eigenvalue weighted by Crippen LogP contribution is 2.51. The Balaban J connectivity index is 3.10. The van der Waals surface area contributed by atoms with E-state index in [4.69, 9.17) is 4.98 Å². The van der Waals surface area contributed by atoms with Gasteiger partial charge in [-0.1, -0.05) is 72.4 Å². The third-order valence-corrected chi connectivity index (χ3v) is 11.2. The first-order chi connectivity index (χ1) is 10.0. The highest BCUT2D eigenvalue weighted by atomic mass is 32.1. The molecule has 0 amide bonds. The molecule has 1 heterocycles. The summed E-state index contributed by atoms with van der Waals surface area (Å²) in [6.45, 7) is 12.2. The van der Waals surface area contributed by atoms with Gasteiger partial charge in [-0.15, -0.1) is 11.3 Å². The minimum Gasteiger partial charge on any atom is -0.255 e. The highest BCUT2D eigenvalue weighted by Gasteiger charge is 2.47. The van der Waals surface area contributed by atoms with Crippen LogP contribution in [0.5, 0.6) is 0 Å². The first-order valence-corrected chi connectivity index (χ1v) is 12.9. The Morgan fingerprint density at radius 2 is 1.43 bits per heavy atom. The lowest BCUT2D eigenvalue weighted by atomic mass is 9.89. The van der Waals surface area contributed by atoms with Gasteiger partial charge in [0.15, 0.2) is 0 Å². The Labute approximate surface area is 137 Å². The molecule has 0 aliphatic rings. The van der Waals surface area contributed by atoms with Crippen LogP contribution in [0.2, 0.25) is 18.1 Å². The Bertz CT molecular complexity index is 351. The first-order valence-electron chi connectivity index (χ1n) is 8.92. The summed E-state index contributed by atoms with van der Waals surface area (Å²) in [4.78, 5) is 4.76. The van der Waals surface area contributed by atoms with Crippen molar-refractivity contribution >= 4 is 24.7 Å². The number of rotatable bonds is 11. The summed E-state index contributed by atoms with van der Waals surface area (Å²) in [6.07, 6.45) is 12.4. The lowest BCUT2D eigenvalue weighted by Crippen LogP contribution is -2.53. The Hall–Kier alpha value is -0.153. The summed E-state index contributed by atoms with van der Waals surface area (Å²) < 4.78 is 0. The van der Waals surface area contributed by atoms with Crippen LogP contribution in [0.3, 0.4) is 0 Å². The fraction of sp³-hybridized carbons (Fsp3) is 0.833. The van der Waals surface area contributed by atoms with E-state index in [1.165, 1.54) is 63.1 Å². The van der Waals surface area contributed by atoms with E-state index in [0.717, 1.165) is 0 Å². The van der Waals surface area contributed by atoms with Crippen LogP contribution in [0.15, 0.2) is 10.9 Å². The van der Waals surface area contributed by atoms with E-state index < -0.39 is 8.07 Å². The van der Waals surface area contributed by atoms with Gasteiger partial charge in [-0.25, -0.2) is 0 Å². The van der Waals surface area contributed by atoms with E-state index in [1.54, 1.807) is 11.3 Å². The summed E-state index contributed by atoms with van der Waals surface area (Å²) >= 11 is 1.78. The van der Waals surface area contributed by atoms with Gasteiger partial charge in [-0.3, -0.25) is 4.98 Å². The van der Waals surface area contributed by atoms with Crippen molar-refractivity contribution in [1.29, 1.82) is 0 Å². The maximum atomic E-state index is 4.76. The molecule has 21 heavy (non-hydrogen) atoms. The summed E-state index contributed by atoms with van der Waals surface area (Å²) in [5, 5.41) is 4.35. The molecule has 0 aliphatic carbocycles. The molecule has 122 valence electrons. The number of hydrogen-bond acceptors (Lipinski definition) is 2. The van der Waals surface area contributed by atoms with Crippen LogP contribution in [0.4, 0.5) is 0 Å². The van der Waals surface area contributed by atoms with Gasteiger partial charge in [0.05, 0.1) is 5.51 Å². The molecule has 1 nitrogen and oxygen atoms in total. The summed E-state index contributed by atoms with van der Waals surface area (Å²) in [5.41, 5.74) is 2.04. The Kier molecular flexibility index (Phi) is 8.18. The molecule has 1 rings (SSSR count). The molecule has 0 fully saturated rings. The fourth-order valence-corrected chi connectivity index (χ4v) is 8.89. The minimum atomic E-state index is -1.52. The molecule has 0 bridgehead atoms. The van der Waals surface area contributed by atoms with Crippen molar-refractivity contribution in [3.8, 4) is 0 Å². The normalized spacial score (nSPS) is 12.8. The van der Waals surface area contributed by atoms with Gasteiger partial charge in [0.1, 0.15) is 8.07 Å². The number of unbranched alkanes of at least 4 members (excludes halogenated alkanes) is 3. The predicted molar refractivity (Wildman–Crippen MR) is 100 cm³/mol. The van der Waals surface area contributed by atoms with Crippen LogP contribution < -0.4 is 5.32 Å². The molecular weight excluding hydrogens is 290 g/mol. The van der Waals surface area contributed by atoms with Crippen molar-refractivity contribution in [1.82, 2.24) is 4.98 Å². The van der Waals surface area contributed by atoms with E-state index >= 15 is 0 Å². The van der Waals surface area contributed by atoms with Crippen molar-refractivity contribution in [2.24, 2.45) is 0 Å². The van der Waals surface area contributed by atoms with Gasteiger partial charge in [0, 0.05) is 10.7 Å². The molecule has 0 N–H and O–H groups in total. The van der Waals surface area contributed by atoms with Crippen molar-refractivity contribution < 1.29 is 0 Å². The maximum absolute atomic E-state index is 4.76. The number of hydrogen-bond donors (Lipinski definition) is 0. The van der Waals surface area contributed by atoms with E-state index in [2.05, 4.69) is 39.2 Å². The van der Waals surface area contributed by atoms with Gasteiger partial charge in [0.2, 0.25) is 0 Å². The third kappa shape index (κ3) is 4.66. The van der Waals surface area contributed by atoms with Crippen molar-refractivity contribution in [2.45, 2.75) is 96.7 Å². The predicted octanol–water partition coefficient (Wildman–Crippen LogP) is 6.37. The van der Waals surface area contributed by atoms with Crippen LogP contribution >= 0.6 is 11.3 Å². The molecule has 1 aromatic heterocycles. The summed E-state index contributed by atoms with van der Waals surface area (Å²) in [7, 11) is -1.52. The molecule has 3 heteroatoms. The number of aromatic nitrogens is 1. The lowest BCUT2D eigenvalue weighted by molar-refractivity contribution is 0.388. The second-order valence-corrected chi connectivity index (χ2v) is 12.6. The van der Waals surface area contributed by atoms with Gasteiger partial charge < -0.3 is 0 Å². The van der Waals surface area contributed by atoms with Crippen molar-refractivity contribution in [2.75, 3.05) is 0 Å². The van der Waals surface area contributed by atoms with Gasteiger partial charge in [-0.2, -0.15) is 0 Å². The van der Waals surface area contributed by atoms with Crippen LogP contribution in [0, 0.1) is 0 Å². The average Bonchev–Trinajstić information content (AvgIpc) is 3.01. The fourth-order valence-electron chi connectivity index (χ4n) is 3.65. The molecule has 0 unspecified atom stereocenters. The summed E-state index contributed by atoms with van der Waals surface area (Å²) in [5.74, 6) is 0. The van der Waals surface area contributed by atoms with Gasteiger partial charge in [-0.05, 0) is 24.3 Å². The first kappa shape index (κ1) is 18.9. The molecule has 0 saturated heterocycles. The second kappa shape index (κ2) is 9.09. The van der Waals surface area contributed by atoms with Crippen molar-refractivity contribution in [3.05, 3.63) is 10.9 Å². The molecule has 0 atom stereocenters. The van der Waals surface area contributed by atoms with E-state index in [9.17, 15) is 0 Å². The largest absolute Gasteiger partial charge is 0.255 e. The molecule has 0 aromatic carbocycles. The molecule has 1 aromatic rings. The van der Waals surface area contributed by atoms with Crippen LogP contribution in [0.25, 0.3) is 0 Å². The quantitative estimate of drug-likeness (QED) is 0.431. The zero-order valence-electron chi connectivity index (χ0n) is 14.9. The standard InChI is InChI=1S/C18H35NSSi/c1-6-9-12-18(13-10-7-2,14-11-8-3)21(4,5)17-15-20-16-19-17/h15-16H,6-14H2,1-5H3. The average molecular weight is 326 g/mol. The van der Waals surface area contributed by atoms with Crippen LogP contribution in [-0.4, -0.2) is 13.1 Å². The Morgan fingerprint density at radius 3 is 1.76 bits per heavy atom. The zero-order valence-corrected chi connectivity index (χ0v) is 16.7. The van der Waals surface area contributed by atoms with Gasteiger partial charge in [0.25, 0.3) is 0 Å².